The maximum absolute atomic E-state index is 12.8. The molecule has 0 aliphatic carbocycles. The van der Waals surface area contributed by atoms with Crippen LogP contribution in [0.2, 0.25) is 0 Å². The predicted molar refractivity (Wildman–Crippen MR) is 69.2 cm³/mol. The lowest BCUT2D eigenvalue weighted by atomic mass is 10.2. The summed E-state index contributed by atoms with van der Waals surface area (Å²) in [6.07, 6.45) is -0.356. The van der Waals surface area contributed by atoms with Crippen LogP contribution in [0.5, 0.6) is 5.75 Å². The summed E-state index contributed by atoms with van der Waals surface area (Å²) in [4.78, 5) is 4.13. The molecular formula is C14H14F2N2O. The molecule has 2 N–H and O–H groups in total. The molecule has 0 spiro atoms. The number of nitrogen functional groups attached to an aromatic ring is 1. The smallest absolute Gasteiger partial charge is 0.267 e. The number of pyridine rings is 1. The average Bonchev–Trinajstić information content (AvgIpc) is 2.41. The molecule has 0 bridgehead atoms. The van der Waals surface area contributed by atoms with Gasteiger partial charge in [0.15, 0.2) is 0 Å². The van der Waals surface area contributed by atoms with E-state index in [4.69, 9.17) is 10.5 Å². The summed E-state index contributed by atoms with van der Waals surface area (Å²) in [6, 6.07) is 9.80. The highest BCUT2D eigenvalue weighted by atomic mass is 19.3. The maximum atomic E-state index is 12.8. The van der Waals surface area contributed by atoms with Crippen LogP contribution in [0, 0.1) is 0 Å². The van der Waals surface area contributed by atoms with Crippen molar-refractivity contribution >= 4 is 5.69 Å². The van der Waals surface area contributed by atoms with Crippen molar-refractivity contribution in [3.05, 3.63) is 53.9 Å². The molecule has 0 fully saturated rings. The number of ether oxygens (including phenoxy) is 1. The fourth-order valence-corrected chi connectivity index (χ4v) is 1.68. The van der Waals surface area contributed by atoms with Gasteiger partial charge in [-0.25, -0.2) is 8.78 Å². The summed E-state index contributed by atoms with van der Waals surface area (Å²) in [5.74, 6) is 0.167. The Morgan fingerprint density at radius 1 is 1.21 bits per heavy atom. The Balaban J connectivity index is 2.00. The number of alkyl halides is 2. The number of rotatable bonds is 5. The highest BCUT2D eigenvalue weighted by molar-refractivity contribution is 5.48. The summed E-state index contributed by atoms with van der Waals surface area (Å²) < 4.78 is 31.0. The van der Waals surface area contributed by atoms with Crippen molar-refractivity contribution in [3.8, 4) is 5.75 Å². The third-order valence-corrected chi connectivity index (χ3v) is 2.61. The number of anilines is 1. The van der Waals surface area contributed by atoms with Gasteiger partial charge in [-0.05, 0) is 30.3 Å². The molecule has 19 heavy (non-hydrogen) atoms. The second-order valence-electron chi connectivity index (χ2n) is 4.02. The van der Waals surface area contributed by atoms with E-state index in [1.54, 1.807) is 12.3 Å². The van der Waals surface area contributed by atoms with Crippen LogP contribution >= 0.6 is 0 Å². The summed E-state index contributed by atoms with van der Waals surface area (Å²) in [6.45, 7) is 0.292. The number of nitrogens with zero attached hydrogens (tertiary/aromatic N) is 1. The Morgan fingerprint density at radius 2 is 2.05 bits per heavy atom. The van der Waals surface area contributed by atoms with Crippen molar-refractivity contribution in [1.82, 2.24) is 4.98 Å². The molecule has 1 aromatic carbocycles. The Kier molecular flexibility index (Phi) is 4.28. The van der Waals surface area contributed by atoms with E-state index in [1.807, 2.05) is 18.2 Å². The molecule has 1 aromatic heterocycles. The first-order valence-corrected chi connectivity index (χ1v) is 5.87. The maximum Gasteiger partial charge on any atom is 0.267 e. The van der Waals surface area contributed by atoms with Crippen LogP contribution in [-0.4, -0.2) is 11.6 Å². The minimum absolute atomic E-state index is 0.167. The summed E-state index contributed by atoms with van der Waals surface area (Å²) >= 11 is 0. The molecule has 100 valence electrons. The third kappa shape index (κ3) is 3.64. The third-order valence-electron chi connectivity index (χ3n) is 2.61. The van der Waals surface area contributed by atoms with Gasteiger partial charge in [0.1, 0.15) is 5.75 Å². The van der Waals surface area contributed by atoms with E-state index in [1.165, 1.54) is 12.1 Å². The van der Waals surface area contributed by atoms with E-state index >= 15 is 0 Å². The summed E-state index contributed by atoms with van der Waals surface area (Å²) in [5, 5.41) is 0. The lowest BCUT2D eigenvalue weighted by Gasteiger charge is -2.11. The number of halogens is 2. The summed E-state index contributed by atoms with van der Waals surface area (Å²) in [5.41, 5.74) is 6.46. The minimum atomic E-state index is -2.60. The highest BCUT2D eigenvalue weighted by Crippen LogP contribution is 2.30. The summed E-state index contributed by atoms with van der Waals surface area (Å²) in [7, 11) is 0. The van der Waals surface area contributed by atoms with E-state index in [2.05, 4.69) is 4.98 Å². The molecule has 0 amide bonds. The topological polar surface area (TPSA) is 48.1 Å². The van der Waals surface area contributed by atoms with Crippen molar-refractivity contribution in [2.75, 3.05) is 12.3 Å². The van der Waals surface area contributed by atoms with Crippen LogP contribution in [0.25, 0.3) is 0 Å². The van der Waals surface area contributed by atoms with Crippen LogP contribution < -0.4 is 10.5 Å². The molecule has 5 heteroatoms. The van der Waals surface area contributed by atoms with Gasteiger partial charge in [0.2, 0.25) is 0 Å². The standard InChI is InChI=1S/C14H14F2N2O/c15-14(16)12-9-10(17)4-5-13(12)19-8-6-11-3-1-2-7-18-11/h1-5,7,9,14H,6,8,17H2. The van der Waals surface area contributed by atoms with Crippen molar-refractivity contribution in [1.29, 1.82) is 0 Å². The molecule has 3 nitrogen and oxygen atoms in total. The molecule has 0 radical (unpaired) electrons. The Hall–Kier alpha value is -2.17. The second-order valence-corrected chi connectivity index (χ2v) is 4.02. The van der Waals surface area contributed by atoms with Gasteiger partial charge in [0, 0.05) is 24.0 Å². The van der Waals surface area contributed by atoms with Crippen LogP contribution in [-0.2, 0) is 6.42 Å². The number of hydrogen-bond donors (Lipinski definition) is 1. The van der Waals surface area contributed by atoms with E-state index in [0.29, 0.717) is 18.7 Å². The fourth-order valence-electron chi connectivity index (χ4n) is 1.68. The molecule has 0 atom stereocenters. The van der Waals surface area contributed by atoms with Crippen LogP contribution in [0.1, 0.15) is 17.7 Å². The second kappa shape index (κ2) is 6.13. The van der Waals surface area contributed by atoms with Gasteiger partial charge < -0.3 is 10.5 Å². The predicted octanol–water partition coefficient (Wildman–Crippen LogP) is 3.22. The molecule has 0 aliphatic rings. The lowest BCUT2D eigenvalue weighted by Crippen LogP contribution is -2.05. The van der Waals surface area contributed by atoms with Gasteiger partial charge in [-0.15, -0.1) is 0 Å². The normalized spacial score (nSPS) is 10.7. The van der Waals surface area contributed by atoms with E-state index in [-0.39, 0.29) is 11.3 Å². The molecule has 0 saturated heterocycles. The van der Waals surface area contributed by atoms with E-state index < -0.39 is 6.43 Å². The molecule has 0 saturated carbocycles. The van der Waals surface area contributed by atoms with E-state index in [0.717, 1.165) is 5.69 Å². The van der Waals surface area contributed by atoms with E-state index in [9.17, 15) is 8.78 Å². The molecule has 0 aliphatic heterocycles. The Labute approximate surface area is 110 Å². The van der Waals surface area contributed by atoms with Crippen LogP contribution in [0.15, 0.2) is 42.6 Å². The molecule has 2 rings (SSSR count). The monoisotopic (exact) mass is 264 g/mol. The lowest BCUT2D eigenvalue weighted by molar-refractivity contribution is 0.145. The van der Waals surface area contributed by atoms with Gasteiger partial charge >= 0.3 is 0 Å². The molecule has 0 unspecified atom stereocenters. The zero-order valence-electron chi connectivity index (χ0n) is 10.2. The average molecular weight is 264 g/mol. The minimum Gasteiger partial charge on any atom is -0.493 e. The van der Waals surface area contributed by atoms with Crippen molar-refractivity contribution in [2.24, 2.45) is 0 Å². The number of hydrogen-bond acceptors (Lipinski definition) is 3. The largest absolute Gasteiger partial charge is 0.493 e. The molecular weight excluding hydrogens is 250 g/mol. The highest BCUT2D eigenvalue weighted by Gasteiger charge is 2.14. The first-order valence-electron chi connectivity index (χ1n) is 5.87. The number of nitrogens with two attached hydrogens (primary N) is 1. The van der Waals surface area contributed by atoms with Crippen LogP contribution in [0.3, 0.4) is 0 Å². The number of benzene rings is 1. The fraction of sp³-hybridized carbons (Fsp3) is 0.214. The first-order chi connectivity index (χ1) is 9.16. The van der Waals surface area contributed by atoms with Gasteiger partial charge in [-0.1, -0.05) is 6.07 Å². The van der Waals surface area contributed by atoms with Crippen molar-refractivity contribution < 1.29 is 13.5 Å². The molecule has 1 heterocycles. The Morgan fingerprint density at radius 3 is 2.74 bits per heavy atom. The van der Waals surface area contributed by atoms with Crippen molar-refractivity contribution in [3.63, 3.8) is 0 Å². The zero-order valence-corrected chi connectivity index (χ0v) is 10.2. The zero-order chi connectivity index (χ0) is 13.7. The van der Waals surface area contributed by atoms with Crippen LogP contribution in [0.4, 0.5) is 14.5 Å². The van der Waals surface area contributed by atoms with Gasteiger partial charge in [-0.3, -0.25) is 4.98 Å². The van der Waals surface area contributed by atoms with Gasteiger partial charge in [0.25, 0.3) is 6.43 Å². The van der Waals surface area contributed by atoms with Gasteiger partial charge in [-0.2, -0.15) is 0 Å². The first kappa shape index (κ1) is 13.3. The molecule has 2 aromatic rings. The van der Waals surface area contributed by atoms with Gasteiger partial charge in [0.05, 0.1) is 12.2 Å². The number of aromatic nitrogens is 1. The quantitative estimate of drug-likeness (QED) is 0.843. The SMILES string of the molecule is Nc1ccc(OCCc2ccccn2)c(C(F)F)c1. The van der Waals surface area contributed by atoms with Crippen molar-refractivity contribution in [2.45, 2.75) is 12.8 Å². The Bertz CT molecular complexity index is 532.